The maximum atomic E-state index is 10.2. The number of morpholine rings is 1. The van der Waals surface area contributed by atoms with Crippen LogP contribution in [-0.2, 0) is 22.3 Å². The number of hydrogen-bond acceptors (Lipinski definition) is 5. The molecular formula is C30H40BrN3O3. The minimum Gasteiger partial charge on any atom is -0.396 e. The Morgan fingerprint density at radius 2 is 1.97 bits per heavy atom. The van der Waals surface area contributed by atoms with Crippen molar-refractivity contribution >= 4 is 26.8 Å². The molecule has 2 bridgehead atoms. The summed E-state index contributed by atoms with van der Waals surface area (Å²) in [5.74, 6) is 0.450. The smallest absolute Gasteiger partial charge is 0.0969 e. The zero-order valence-electron chi connectivity index (χ0n) is 22.4. The van der Waals surface area contributed by atoms with Crippen molar-refractivity contribution < 1.29 is 14.6 Å². The number of aromatic amines is 1. The lowest BCUT2D eigenvalue weighted by molar-refractivity contribution is 0.0180. The Morgan fingerprint density at radius 3 is 2.65 bits per heavy atom. The predicted molar refractivity (Wildman–Crippen MR) is 153 cm³/mol. The Morgan fingerprint density at radius 1 is 1.22 bits per heavy atom. The number of fused-ring (bicyclic) bond motifs is 3. The standard InChI is InChI=1S/C30H40BrN3O3/c1-18(36-4)28-25(12-21(14-32-28)20-10-22-15-37-16-23(11-20)33-22)29-26(13-30(2,3)17-35)24-9-19(7-8-31)5-6-27(24)34-29/h5-6,9,12,14,18,20,22-23,33-35H,7-8,10-11,13,15-17H2,1-4H3/t18?,20?,22-,23+. The number of aliphatic hydroxyl groups excluding tert-OH is 1. The normalized spacial score (nSPS) is 22.9. The van der Waals surface area contributed by atoms with Crippen LogP contribution in [0.15, 0.2) is 30.5 Å². The summed E-state index contributed by atoms with van der Waals surface area (Å²) in [6, 6.07) is 9.86. The van der Waals surface area contributed by atoms with E-state index in [1.165, 1.54) is 22.1 Å². The molecule has 4 heterocycles. The number of H-pyrrole nitrogens is 1. The summed E-state index contributed by atoms with van der Waals surface area (Å²) < 4.78 is 11.6. The second-order valence-corrected chi connectivity index (χ2v) is 12.4. The molecule has 2 aromatic heterocycles. The van der Waals surface area contributed by atoms with E-state index in [-0.39, 0.29) is 18.1 Å². The number of hydrogen-bond donors (Lipinski definition) is 3. The molecule has 0 saturated carbocycles. The average Bonchev–Trinajstić information content (AvgIpc) is 3.24. The number of alkyl halides is 1. The highest BCUT2D eigenvalue weighted by atomic mass is 79.9. The lowest BCUT2D eigenvalue weighted by Crippen LogP contribution is -2.53. The van der Waals surface area contributed by atoms with Gasteiger partial charge >= 0.3 is 0 Å². The first-order chi connectivity index (χ1) is 17.8. The van der Waals surface area contributed by atoms with E-state index in [2.05, 4.69) is 77.5 Å². The second-order valence-electron chi connectivity index (χ2n) is 11.6. The quantitative estimate of drug-likeness (QED) is 0.289. The van der Waals surface area contributed by atoms with Gasteiger partial charge in [0.1, 0.15) is 0 Å². The average molecular weight is 571 g/mol. The Labute approximate surface area is 228 Å². The van der Waals surface area contributed by atoms with Crippen LogP contribution in [0.25, 0.3) is 22.2 Å². The highest BCUT2D eigenvalue weighted by molar-refractivity contribution is 9.09. The van der Waals surface area contributed by atoms with Gasteiger partial charge in [0.15, 0.2) is 0 Å². The van der Waals surface area contributed by atoms with Crippen molar-refractivity contribution in [3.63, 3.8) is 0 Å². The first-order valence-corrected chi connectivity index (χ1v) is 14.6. The number of aliphatic hydroxyl groups is 1. The number of ether oxygens (including phenoxy) is 2. The van der Waals surface area contributed by atoms with E-state index in [0.29, 0.717) is 18.0 Å². The maximum Gasteiger partial charge on any atom is 0.0969 e. The largest absolute Gasteiger partial charge is 0.396 e. The highest BCUT2D eigenvalue weighted by Gasteiger charge is 2.33. The summed E-state index contributed by atoms with van der Waals surface area (Å²) in [6.07, 6.45) is 5.78. The molecule has 200 valence electrons. The number of pyridine rings is 1. The van der Waals surface area contributed by atoms with Gasteiger partial charge in [0, 0.05) is 53.8 Å². The summed E-state index contributed by atoms with van der Waals surface area (Å²) in [5, 5.41) is 16.0. The van der Waals surface area contributed by atoms with Gasteiger partial charge in [0.05, 0.1) is 30.7 Å². The Bertz CT molecular complexity index is 1230. The molecule has 7 heteroatoms. The van der Waals surface area contributed by atoms with Crippen LogP contribution in [0.2, 0.25) is 0 Å². The third-order valence-electron chi connectivity index (χ3n) is 8.10. The van der Waals surface area contributed by atoms with Crippen LogP contribution in [0.1, 0.15) is 68.0 Å². The molecule has 0 radical (unpaired) electrons. The van der Waals surface area contributed by atoms with Gasteiger partial charge in [0.2, 0.25) is 0 Å². The lowest BCUT2D eigenvalue weighted by atomic mass is 9.81. The first-order valence-electron chi connectivity index (χ1n) is 13.5. The Kier molecular flexibility index (Phi) is 8.08. The summed E-state index contributed by atoms with van der Waals surface area (Å²) in [6.45, 7) is 8.00. The number of aromatic nitrogens is 2. The molecule has 0 aliphatic carbocycles. The maximum absolute atomic E-state index is 10.2. The molecule has 2 fully saturated rings. The molecule has 4 atom stereocenters. The SMILES string of the molecule is COC(C)c1ncc(C2C[C@H]3COC[C@@H](C2)N3)cc1-c1[nH]c2ccc(CCBr)cc2c1CC(C)(C)CO. The molecule has 0 spiro atoms. The zero-order valence-corrected chi connectivity index (χ0v) is 24.0. The molecule has 2 saturated heterocycles. The first kappa shape index (κ1) is 26.8. The monoisotopic (exact) mass is 569 g/mol. The molecule has 6 nitrogen and oxygen atoms in total. The second kappa shape index (κ2) is 11.1. The fraction of sp³-hybridized carbons (Fsp3) is 0.567. The van der Waals surface area contributed by atoms with Gasteiger partial charge in [0.25, 0.3) is 0 Å². The number of nitrogens with zero attached hydrogens (tertiary/aromatic N) is 1. The minimum absolute atomic E-state index is 0.125. The zero-order chi connectivity index (χ0) is 26.2. The third-order valence-corrected chi connectivity index (χ3v) is 8.50. The van der Waals surface area contributed by atoms with E-state index in [9.17, 15) is 5.11 Å². The minimum atomic E-state index is -0.250. The van der Waals surface area contributed by atoms with Gasteiger partial charge in [-0.25, -0.2) is 0 Å². The van der Waals surface area contributed by atoms with E-state index in [4.69, 9.17) is 14.5 Å². The van der Waals surface area contributed by atoms with Crippen molar-refractivity contribution in [2.45, 2.75) is 70.6 Å². The van der Waals surface area contributed by atoms with Crippen LogP contribution in [0.3, 0.4) is 0 Å². The third kappa shape index (κ3) is 5.66. The molecule has 5 rings (SSSR count). The van der Waals surface area contributed by atoms with Crippen LogP contribution in [0.5, 0.6) is 0 Å². The van der Waals surface area contributed by atoms with Crippen molar-refractivity contribution in [2.75, 3.05) is 32.3 Å². The van der Waals surface area contributed by atoms with Crippen LogP contribution in [0.4, 0.5) is 0 Å². The van der Waals surface area contributed by atoms with Crippen molar-refractivity contribution in [1.29, 1.82) is 0 Å². The van der Waals surface area contributed by atoms with E-state index in [1.807, 2.05) is 0 Å². The fourth-order valence-electron chi connectivity index (χ4n) is 5.97. The summed E-state index contributed by atoms with van der Waals surface area (Å²) in [7, 11) is 1.74. The van der Waals surface area contributed by atoms with Gasteiger partial charge in [-0.1, -0.05) is 35.8 Å². The van der Waals surface area contributed by atoms with Crippen molar-refractivity contribution in [1.82, 2.24) is 15.3 Å². The topological polar surface area (TPSA) is 79.4 Å². The number of rotatable bonds is 9. The molecule has 1 aromatic carbocycles. The molecule has 37 heavy (non-hydrogen) atoms. The Hall–Kier alpha value is -1.77. The van der Waals surface area contributed by atoms with Gasteiger partial charge in [-0.3, -0.25) is 4.98 Å². The van der Waals surface area contributed by atoms with Gasteiger partial charge in [-0.2, -0.15) is 0 Å². The molecule has 2 aliphatic rings. The fourth-order valence-corrected chi connectivity index (χ4v) is 6.43. The molecular weight excluding hydrogens is 530 g/mol. The summed E-state index contributed by atoms with van der Waals surface area (Å²) in [4.78, 5) is 8.78. The predicted octanol–water partition coefficient (Wildman–Crippen LogP) is 5.67. The van der Waals surface area contributed by atoms with Crippen LogP contribution < -0.4 is 5.32 Å². The number of benzene rings is 1. The van der Waals surface area contributed by atoms with E-state index in [0.717, 1.165) is 66.7 Å². The molecule has 2 unspecified atom stereocenters. The van der Waals surface area contributed by atoms with Gasteiger partial charge in [-0.15, -0.1) is 0 Å². The number of piperidine rings is 1. The van der Waals surface area contributed by atoms with Crippen LogP contribution in [0, 0.1) is 5.41 Å². The van der Waals surface area contributed by atoms with Crippen LogP contribution in [-0.4, -0.2) is 59.4 Å². The molecule has 2 aliphatic heterocycles. The lowest BCUT2D eigenvalue weighted by Gasteiger charge is -2.40. The van der Waals surface area contributed by atoms with Crippen LogP contribution >= 0.6 is 15.9 Å². The number of halogens is 1. The van der Waals surface area contributed by atoms with E-state index < -0.39 is 0 Å². The number of nitrogens with one attached hydrogen (secondary N) is 2. The number of methoxy groups -OCH3 is 1. The van der Waals surface area contributed by atoms with Crippen molar-refractivity contribution in [2.24, 2.45) is 5.41 Å². The van der Waals surface area contributed by atoms with E-state index >= 15 is 0 Å². The summed E-state index contributed by atoms with van der Waals surface area (Å²) in [5.41, 5.74) is 7.84. The Balaban J connectivity index is 1.66. The summed E-state index contributed by atoms with van der Waals surface area (Å²) >= 11 is 3.59. The van der Waals surface area contributed by atoms with Crippen molar-refractivity contribution in [3.05, 3.63) is 52.8 Å². The molecule has 3 N–H and O–H groups in total. The van der Waals surface area contributed by atoms with Crippen molar-refractivity contribution in [3.8, 4) is 11.3 Å². The van der Waals surface area contributed by atoms with E-state index in [1.54, 1.807) is 7.11 Å². The van der Waals surface area contributed by atoms with Gasteiger partial charge < -0.3 is 24.9 Å². The molecule has 0 amide bonds. The number of aryl methyl sites for hydroxylation is 1. The van der Waals surface area contributed by atoms with Gasteiger partial charge in [-0.05, 0) is 78.8 Å². The highest BCUT2D eigenvalue weighted by Crippen LogP contribution is 2.41. The molecule has 3 aromatic rings.